The SMILES string of the molecule is N=c1[nH]ncc2cccnc12. The van der Waals surface area contributed by atoms with Gasteiger partial charge in [0, 0.05) is 11.6 Å². The van der Waals surface area contributed by atoms with Gasteiger partial charge in [-0.05, 0) is 12.1 Å². The first-order chi connectivity index (χ1) is 5.38. The number of pyridine rings is 1. The number of fused-ring (bicyclic) bond motifs is 1. The van der Waals surface area contributed by atoms with Crippen molar-refractivity contribution < 1.29 is 0 Å². The molecule has 0 amide bonds. The van der Waals surface area contributed by atoms with Gasteiger partial charge in [0.1, 0.15) is 5.52 Å². The lowest BCUT2D eigenvalue weighted by Gasteiger charge is -1.92. The number of nitrogens with one attached hydrogen (secondary N) is 2. The fourth-order valence-electron chi connectivity index (χ4n) is 0.950. The summed E-state index contributed by atoms with van der Waals surface area (Å²) in [6.45, 7) is 0. The Morgan fingerprint density at radius 2 is 2.36 bits per heavy atom. The van der Waals surface area contributed by atoms with Crippen molar-refractivity contribution in [3.05, 3.63) is 30.0 Å². The summed E-state index contributed by atoms with van der Waals surface area (Å²) in [6.07, 6.45) is 3.31. The molecule has 54 valence electrons. The van der Waals surface area contributed by atoms with Crippen LogP contribution in [0.15, 0.2) is 24.5 Å². The summed E-state index contributed by atoms with van der Waals surface area (Å²) in [5, 5.41) is 14.6. The van der Waals surface area contributed by atoms with Crippen molar-refractivity contribution in [3.63, 3.8) is 0 Å². The average Bonchev–Trinajstić information content (AvgIpc) is 2.06. The fourth-order valence-corrected chi connectivity index (χ4v) is 0.950. The van der Waals surface area contributed by atoms with Crippen LogP contribution in [0.25, 0.3) is 10.9 Å². The largest absolute Gasteiger partial charge is 0.281 e. The van der Waals surface area contributed by atoms with Crippen LogP contribution in [-0.4, -0.2) is 15.2 Å². The zero-order valence-electron chi connectivity index (χ0n) is 5.70. The number of hydrogen-bond donors (Lipinski definition) is 2. The van der Waals surface area contributed by atoms with Gasteiger partial charge in [-0.1, -0.05) is 0 Å². The molecule has 11 heavy (non-hydrogen) atoms. The van der Waals surface area contributed by atoms with Crippen LogP contribution in [0.1, 0.15) is 0 Å². The van der Waals surface area contributed by atoms with E-state index >= 15 is 0 Å². The van der Waals surface area contributed by atoms with Crippen molar-refractivity contribution in [2.45, 2.75) is 0 Å². The fraction of sp³-hybridized carbons (Fsp3) is 0. The molecule has 0 aliphatic carbocycles. The van der Waals surface area contributed by atoms with Crippen molar-refractivity contribution in [3.8, 4) is 0 Å². The highest BCUT2D eigenvalue weighted by Crippen LogP contribution is 2.00. The van der Waals surface area contributed by atoms with Crippen LogP contribution < -0.4 is 5.49 Å². The van der Waals surface area contributed by atoms with Crippen molar-refractivity contribution >= 4 is 10.9 Å². The summed E-state index contributed by atoms with van der Waals surface area (Å²) < 4.78 is 0. The second-order valence-electron chi connectivity index (χ2n) is 2.19. The van der Waals surface area contributed by atoms with E-state index in [1.165, 1.54) is 0 Å². The Bertz CT molecular complexity index is 426. The lowest BCUT2D eigenvalue weighted by Crippen LogP contribution is -2.08. The molecule has 2 heterocycles. The third-order valence-corrected chi connectivity index (χ3v) is 1.46. The predicted octanol–water partition coefficient (Wildman–Crippen LogP) is 0.437. The molecule has 4 nitrogen and oxygen atoms in total. The maximum absolute atomic E-state index is 7.38. The number of nitrogens with zero attached hydrogens (tertiary/aromatic N) is 2. The quantitative estimate of drug-likeness (QED) is 0.566. The summed E-state index contributed by atoms with van der Waals surface area (Å²) >= 11 is 0. The Morgan fingerprint density at radius 1 is 1.45 bits per heavy atom. The standard InChI is InChI=1S/C7H6N4/c8-7-6-5(4-10-11-7)2-1-3-9-6/h1-4H,(H2,8,11). The predicted molar refractivity (Wildman–Crippen MR) is 39.7 cm³/mol. The molecule has 0 saturated carbocycles. The lowest BCUT2D eigenvalue weighted by atomic mass is 10.3. The van der Waals surface area contributed by atoms with E-state index in [0.29, 0.717) is 5.52 Å². The van der Waals surface area contributed by atoms with E-state index in [1.54, 1.807) is 12.4 Å². The highest BCUT2D eigenvalue weighted by molar-refractivity contribution is 5.75. The zero-order chi connectivity index (χ0) is 7.68. The minimum absolute atomic E-state index is 0.253. The number of H-pyrrole nitrogens is 1. The van der Waals surface area contributed by atoms with Crippen molar-refractivity contribution in [1.82, 2.24) is 15.2 Å². The molecule has 0 saturated heterocycles. The molecule has 0 spiro atoms. The van der Waals surface area contributed by atoms with Crippen LogP contribution >= 0.6 is 0 Å². The van der Waals surface area contributed by atoms with E-state index in [1.807, 2.05) is 12.1 Å². The first kappa shape index (κ1) is 6.03. The molecule has 0 bridgehead atoms. The number of aromatic amines is 1. The zero-order valence-corrected chi connectivity index (χ0v) is 5.70. The molecule has 4 heteroatoms. The van der Waals surface area contributed by atoms with Gasteiger partial charge in [-0.2, -0.15) is 5.10 Å². The molecule has 0 radical (unpaired) electrons. The Labute approximate surface area is 62.4 Å². The third kappa shape index (κ3) is 0.881. The molecule has 0 atom stereocenters. The second-order valence-corrected chi connectivity index (χ2v) is 2.19. The van der Waals surface area contributed by atoms with Gasteiger partial charge in [-0.3, -0.25) is 15.5 Å². The molecule has 2 aromatic rings. The number of hydrogen-bond acceptors (Lipinski definition) is 3. The summed E-state index contributed by atoms with van der Waals surface area (Å²) in [7, 11) is 0. The molecule has 0 fully saturated rings. The molecule has 0 aliphatic heterocycles. The third-order valence-electron chi connectivity index (χ3n) is 1.46. The Hall–Kier alpha value is -1.71. The number of rotatable bonds is 0. The van der Waals surface area contributed by atoms with E-state index in [-0.39, 0.29) is 5.49 Å². The highest BCUT2D eigenvalue weighted by atomic mass is 15.1. The van der Waals surface area contributed by atoms with Crippen LogP contribution in [-0.2, 0) is 0 Å². The maximum atomic E-state index is 7.38. The summed E-state index contributed by atoms with van der Waals surface area (Å²) in [4.78, 5) is 4.02. The second kappa shape index (κ2) is 2.16. The van der Waals surface area contributed by atoms with Gasteiger partial charge >= 0.3 is 0 Å². The summed E-state index contributed by atoms with van der Waals surface area (Å²) in [5.74, 6) is 0. The minimum Gasteiger partial charge on any atom is -0.281 e. The van der Waals surface area contributed by atoms with Crippen molar-refractivity contribution in [2.75, 3.05) is 0 Å². The highest BCUT2D eigenvalue weighted by Gasteiger charge is 1.92. The molecule has 0 aliphatic rings. The molecule has 0 unspecified atom stereocenters. The smallest absolute Gasteiger partial charge is 0.165 e. The Morgan fingerprint density at radius 3 is 3.18 bits per heavy atom. The van der Waals surface area contributed by atoms with Gasteiger partial charge < -0.3 is 0 Å². The molecule has 0 aromatic carbocycles. The molecule has 2 N–H and O–H groups in total. The van der Waals surface area contributed by atoms with Gasteiger partial charge in [0.25, 0.3) is 0 Å². The summed E-state index contributed by atoms with van der Waals surface area (Å²) in [6, 6.07) is 3.70. The van der Waals surface area contributed by atoms with Crippen LogP contribution in [0.5, 0.6) is 0 Å². The van der Waals surface area contributed by atoms with Gasteiger partial charge in [0.15, 0.2) is 5.49 Å². The van der Waals surface area contributed by atoms with E-state index in [9.17, 15) is 0 Å². The monoisotopic (exact) mass is 146 g/mol. The first-order valence-electron chi connectivity index (χ1n) is 3.21. The maximum Gasteiger partial charge on any atom is 0.165 e. The van der Waals surface area contributed by atoms with E-state index in [4.69, 9.17) is 5.41 Å². The van der Waals surface area contributed by atoms with Crippen LogP contribution in [0.4, 0.5) is 0 Å². The van der Waals surface area contributed by atoms with Gasteiger partial charge in [0.2, 0.25) is 0 Å². The van der Waals surface area contributed by atoms with Crippen LogP contribution in [0, 0.1) is 5.41 Å². The van der Waals surface area contributed by atoms with E-state index < -0.39 is 0 Å². The van der Waals surface area contributed by atoms with Crippen molar-refractivity contribution in [1.29, 1.82) is 5.41 Å². The first-order valence-corrected chi connectivity index (χ1v) is 3.21. The normalized spacial score (nSPS) is 10.2. The van der Waals surface area contributed by atoms with E-state index in [0.717, 1.165) is 5.39 Å². The van der Waals surface area contributed by atoms with Gasteiger partial charge in [-0.15, -0.1) is 0 Å². The van der Waals surface area contributed by atoms with Gasteiger partial charge in [-0.25, -0.2) is 0 Å². The lowest BCUT2D eigenvalue weighted by molar-refractivity contribution is 0.950. The molecular weight excluding hydrogens is 140 g/mol. The van der Waals surface area contributed by atoms with Gasteiger partial charge in [0.05, 0.1) is 6.20 Å². The van der Waals surface area contributed by atoms with Crippen molar-refractivity contribution in [2.24, 2.45) is 0 Å². The molecule has 2 rings (SSSR count). The molecule has 2 aromatic heterocycles. The summed E-state index contributed by atoms with van der Waals surface area (Å²) in [5.41, 5.74) is 0.908. The van der Waals surface area contributed by atoms with Crippen LogP contribution in [0.2, 0.25) is 0 Å². The van der Waals surface area contributed by atoms with Crippen LogP contribution in [0.3, 0.4) is 0 Å². The Kier molecular flexibility index (Phi) is 1.18. The number of aromatic nitrogens is 3. The van der Waals surface area contributed by atoms with E-state index in [2.05, 4.69) is 15.2 Å². The topological polar surface area (TPSA) is 65.4 Å². The molecular formula is C7H6N4. The Balaban J connectivity index is 3.03. The average molecular weight is 146 g/mol. The minimum atomic E-state index is 0.253.